The fourth-order valence-electron chi connectivity index (χ4n) is 3.51. The summed E-state index contributed by atoms with van der Waals surface area (Å²) in [6.45, 7) is 4.60. The Morgan fingerprint density at radius 3 is 0.542 bits per heavy atom. The minimum atomic E-state index is 0. The second-order valence-electron chi connectivity index (χ2n) is 7.72. The van der Waals surface area contributed by atoms with Crippen molar-refractivity contribution in [3.63, 3.8) is 0 Å². The van der Waals surface area contributed by atoms with Crippen LogP contribution >= 0.6 is 0 Å². The molecule has 0 radical (unpaired) electrons. The Morgan fingerprint density at radius 1 is 0.292 bits per heavy atom. The third-order valence-corrected chi connectivity index (χ3v) is 5.21. The molecule has 0 aliphatic heterocycles. The molecular formula is C23H49Li. The molecule has 0 saturated heterocycles. The van der Waals surface area contributed by atoms with E-state index < -0.39 is 0 Å². The quantitative estimate of drug-likeness (QED) is 0.180. The molecule has 0 spiro atoms. The van der Waals surface area contributed by atoms with Gasteiger partial charge < -0.3 is 1.43 Å². The van der Waals surface area contributed by atoms with Crippen LogP contribution in [0.4, 0.5) is 0 Å². The summed E-state index contributed by atoms with van der Waals surface area (Å²) in [5.41, 5.74) is 0. The van der Waals surface area contributed by atoms with E-state index in [9.17, 15) is 0 Å². The van der Waals surface area contributed by atoms with Crippen LogP contribution in [0.15, 0.2) is 0 Å². The molecule has 0 atom stereocenters. The molecule has 0 N–H and O–H groups in total. The molecule has 0 saturated carbocycles. The molecular weight excluding hydrogens is 283 g/mol. The second-order valence-corrected chi connectivity index (χ2v) is 7.72. The molecule has 0 aromatic heterocycles. The van der Waals surface area contributed by atoms with Crippen molar-refractivity contribution in [2.24, 2.45) is 0 Å². The summed E-state index contributed by atoms with van der Waals surface area (Å²) in [5.74, 6) is 0. The smallest absolute Gasteiger partial charge is 1.00 e. The number of hydrogen-bond donors (Lipinski definition) is 0. The first-order chi connectivity index (χ1) is 11.4. The zero-order valence-corrected chi connectivity index (χ0v) is 17.8. The van der Waals surface area contributed by atoms with Gasteiger partial charge in [0.25, 0.3) is 0 Å². The minimum absolute atomic E-state index is 0. The van der Waals surface area contributed by atoms with Crippen molar-refractivity contribution in [3.05, 3.63) is 0 Å². The van der Waals surface area contributed by atoms with Crippen LogP contribution in [-0.2, 0) is 0 Å². The van der Waals surface area contributed by atoms with E-state index in [2.05, 4.69) is 13.8 Å². The average molecular weight is 333 g/mol. The zero-order valence-electron chi connectivity index (χ0n) is 18.8. The molecule has 0 fully saturated rings. The maximum atomic E-state index is 2.30. The summed E-state index contributed by atoms with van der Waals surface area (Å²) in [6, 6.07) is 0. The van der Waals surface area contributed by atoms with Gasteiger partial charge in [0.15, 0.2) is 0 Å². The van der Waals surface area contributed by atoms with Crippen LogP contribution in [0.5, 0.6) is 0 Å². The van der Waals surface area contributed by atoms with Crippen LogP contribution in [0.25, 0.3) is 0 Å². The van der Waals surface area contributed by atoms with Crippen LogP contribution < -0.4 is 18.9 Å². The fourth-order valence-corrected chi connectivity index (χ4v) is 3.51. The Hall–Kier alpha value is 0.597. The summed E-state index contributed by atoms with van der Waals surface area (Å²) in [4.78, 5) is 0. The van der Waals surface area contributed by atoms with Crippen molar-refractivity contribution in [2.75, 3.05) is 0 Å². The molecule has 0 bridgehead atoms. The van der Waals surface area contributed by atoms with Gasteiger partial charge in [0.1, 0.15) is 0 Å². The monoisotopic (exact) mass is 332 g/mol. The summed E-state index contributed by atoms with van der Waals surface area (Å²) in [7, 11) is 0. The SMILES string of the molecule is CCCCCCCCCCCCCCCCCCCCCCC.[H-].[Li+]. The molecule has 0 aliphatic rings. The molecule has 0 nitrogen and oxygen atoms in total. The number of unbranched alkanes of at least 4 members (excludes halogenated alkanes) is 20. The molecule has 0 amide bonds. The molecule has 24 heavy (non-hydrogen) atoms. The van der Waals surface area contributed by atoms with Crippen molar-refractivity contribution in [2.45, 2.75) is 149 Å². The average Bonchev–Trinajstić information content (AvgIpc) is 2.57. The van der Waals surface area contributed by atoms with Gasteiger partial charge in [0.05, 0.1) is 0 Å². The zero-order chi connectivity index (χ0) is 16.8. The molecule has 0 aromatic carbocycles. The van der Waals surface area contributed by atoms with Gasteiger partial charge in [0, 0.05) is 0 Å². The minimum Gasteiger partial charge on any atom is -1.00 e. The molecule has 0 aliphatic carbocycles. The van der Waals surface area contributed by atoms with E-state index in [1.165, 1.54) is 135 Å². The summed E-state index contributed by atoms with van der Waals surface area (Å²) < 4.78 is 0. The Kier molecular flexibility index (Phi) is 28.9. The van der Waals surface area contributed by atoms with Crippen LogP contribution in [0.2, 0.25) is 0 Å². The van der Waals surface area contributed by atoms with Gasteiger partial charge in [-0.15, -0.1) is 0 Å². The van der Waals surface area contributed by atoms with Crippen LogP contribution in [0.3, 0.4) is 0 Å². The molecule has 0 unspecified atom stereocenters. The van der Waals surface area contributed by atoms with E-state index in [4.69, 9.17) is 0 Å². The van der Waals surface area contributed by atoms with Gasteiger partial charge in [-0.1, -0.05) is 149 Å². The van der Waals surface area contributed by atoms with Crippen molar-refractivity contribution < 1.29 is 20.3 Å². The van der Waals surface area contributed by atoms with Gasteiger partial charge in [-0.05, 0) is 0 Å². The van der Waals surface area contributed by atoms with Crippen molar-refractivity contribution in [3.8, 4) is 0 Å². The Bertz CT molecular complexity index is 177. The van der Waals surface area contributed by atoms with E-state index in [1.54, 1.807) is 0 Å². The first kappa shape index (κ1) is 26.8. The Labute approximate surface area is 169 Å². The topological polar surface area (TPSA) is 0 Å². The molecule has 0 heterocycles. The van der Waals surface area contributed by atoms with Gasteiger partial charge in [-0.2, -0.15) is 0 Å². The fraction of sp³-hybridized carbons (Fsp3) is 1.00. The summed E-state index contributed by atoms with van der Waals surface area (Å²) >= 11 is 0. The van der Waals surface area contributed by atoms with Gasteiger partial charge in [0.2, 0.25) is 0 Å². The van der Waals surface area contributed by atoms with Gasteiger partial charge in [-0.25, -0.2) is 0 Å². The number of hydrogen-bond acceptors (Lipinski definition) is 0. The molecule has 0 aromatic rings. The first-order valence-corrected chi connectivity index (χ1v) is 11.4. The number of rotatable bonds is 20. The maximum Gasteiger partial charge on any atom is 1.00 e. The van der Waals surface area contributed by atoms with E-state index in [-0.39, 0.29) is 20.3 Å². The predicted octanol–water partition coefficient (Wildman–Crippen LogP) is 6.33. The third-order valence-electron chi connectivity index (χ3n) is 5.21. The van der Waals surface area contributed by atoms with E-state index >= 15 is 0 Å². The van der Waals surface area contributed by atoms with Crippen LogP contribution in [-0.4, -0.2) is 0 Å². The van der Waals surface area contributed by atoms with Crippen LogP contribution in [0.1, 0.15) is 150 Å². The van der Waals surface area contributed by atoms with Crippen molar-refractivity contribution >= 4 is 0 Å². The Morgan fingerprint density at radius 2 is 0.417 bits per heavy atom. The van der Waals surface area contributed by atoms with E-state index in [0.29, 0.717) is 0 Å². The molecule has 1 heteroatoms. The largest absolute Gasteiger partial charge is 1.00 e. The maximum absolute atomic E-state index is 2.30. The van der Waals surface area contributed by atoms with Crippen molar-refractivity contribution in [1.82, 2.24) is 0 Å². The summed E-state index contributed by atoms with van der Waals surface area (Å²) in [6.07, 6.45) is 30.9. The summed E-state index contributed by atoms with van der Waals surface area (Å²) in [5, 5.41) is 0. The standard InChI is InChI=1S/C23H48.Li.H/c1-3-5-7-9-11-13-15-17-19-21-23-22-20-18-16-14-12-10-8-6-4-2;;/h3-23H2,1-2H3;;/q;+1;-1. The van der Waals surface area contributed by atoms with Crippen LogP contribution in [0, 0.1) is 0 Å². The van der Waals surface area contributed by atoms with E-state index in [0.717, 1.165) is 0 Å². The third kappa shape index (κ3) is 24.8. The van der Waals surface area contributed by atoms with Gasteiger partial charge in [-0.3, -0.25) is 0 Å². The van der Waals surface area contributed by atoms with Crippen molar-refractivity contribution in [1.29, 1.82) is 0 Å². The molecule has 142 valence electrons. The Balaban J connectivity index is -0.00000242. The first-order valence-electron chi connectivity index (χ1n) is 11.4. The van der Waals surface area contributed by atoms with E-state index in [1.807, 2.05) is 0 Å². The normalized spacial score (nSPS) is 10.8. The van der Waals surface area contributed by atoms with Gasteiger partial charge >= 0.3 is 18.9 Å². The molecule has 0 rings (SSSR count). The second kappa shape index (κ2) is 25.8. The predicted molar refractivity (Wildman–Crippen MR) is 109 cm³/mol.